The molecule has 1 aromatic carbocycles. The number of hydrogen-bond donors (Lipinski definition) is 1. The van der Waals surface area contributed by atoms with E-state index in [9.17, 15) is 21.6 Å². The van der Waals surface area contributed by atoms with E-state index in [2.05, 4.69) is 4.98 Å². The van der Waals surface area contributed by atoms with Gasteiger partial charge in [-0.25, -0.2) is 8.42 Å². The monoisotopic (exact) mass is 336 g/mol. The fourth-order valence-electron chi connectivity index (χ4n) is 1.48. The zero-order chi connectivity index (χ0) is 15.7. The molecule has 1 aromatic heterocycles. The number of halogens is 4. The van der Waals surface area contributed by atoms with Crippen LogP contribution in [0.1, 0.15) is 5.56 Å². The van der Waals surface area contributed by atoms with Crippen LogP contribution in [0, 0.1) is 0 Å². The van der Waals surface area contributed by atoms with E-state index in [0.717, 1.165) is 6.20 Å². The maximum atomic E-state index is 12.5. The Morgan fingerprint density at radius 3 is 2.29 bits per heavy atom. The molecule has 2 rings (SSSR count). The summed E-state index contributed by atoms with van der Waals surface area (Å²) in [5.41, 5.74) is -1.32. The normalized spacial score (nSPS) is 12.2. The van der Waals surface area contributed by atoms with Gasteiger partial charge in [0.05, 0.1) is 22.3 Å². The van der Waals surface area contributed by atoms with Crippen molar-refractivity contribution in [1.82, 2.24) is 4.98 Å². The van der Waals surface area contributed by atoms with Crippen molar-refractivity contribution in [1.29, 1.82) is 0 Å². The Labute approximate surface area is 123 Å². The number of pyridine rings is 1. The average Bonchev–Trinajstić information content (AvgIpc) is 2.38. The van der Waals surface area contributed by atoms with E-state index in [1.807, 2.05) is 4.72 Å². The number of sulfonamides is 1. The molecule has 0 saturated carbocycles. The third kappa shape index (κ3) is 3.85. The summed E-state index contributed by atoms with van der Waals surface area (Å²) >= 11 is 5.64. The number of anilines is 1. The summed E-state index contributed by atoms with van der Waals surface area (Å²) < 4.78 is 63.7. The van der Waals surface area contributed by atoms with Gasteiger partial charge in [-0.05, 0) is 30.3 Å². The molecule has 112 valence electrons. The first-order chi connectivity index (χ1) is 9.68. The number of nitrogens with one attached hydrogen (secondary N) is 1. The van der Waals surface area contributed by atoms with Crippen LogP contribution in [0.5, 0.6) is 0 Å². The van der Waals surface area contributed by atoms with Gasteiger partial charge >= 0.3 is 6.18 Å². The molecule has 0 amide bonds. The molecule has 0 unspecified atom stereocenters. The van der Waals surface area contributed by atoms with Crippen LogP contribution in [0.15, 0.2) is 47.6 Å². The molecule has 0 bridgehead atoms. The summed E-state index contributed by atoms with van der Waals surface area (Å²) in [6.45, 7) is 0. The van der Waals surface area contributed by atoms with E-state index < -0.39 is 21.8 Å². The van der Waals surface area contributed by atoms with Gasteiger partial charge in [-0.1, -0.05) is 11.6 Å². The number of nitrogens with zero attached hydrogens (tertiary/aromatic N) is 1. The molecule has 21 heavy (non-hydrogen) atoms. The highest BCUT2D eigenvalue weighted by Gasteiger charge is 2.31. The van der Waals surface area contributed by atoms with E-state index >= 15 is 0 Å². The van der Waals surface area contributed by atoms with Gasteiger partial charge in [-0.2, -0.15) is 13.2 Å². The summed E-state index contributed by atoms with van der Waals surface area (Å²) in [5, 5.41) is 0.342. The SMILES string of the molecule is O=S(=O)(Nc1cncc(C(F)(F)F)c1)c1ccc(Cl)cc1. The topological polar surface area (TPSA) is 59.1 Å². The summed E-state index contributed by atoms with van der Waals surface area (Å²) in [6.07, 6.45) is -3.00. The van der Waals surface area contributed by atoms with Crippen molar-refractivity contribution >= 4 is 27.3 Å². The molecule has 0 spiro atoms. The molecule has 9 heteroatoms. The predicted molar refractivity (Wildman–Crippen MR) is 71.5 cm³/mol. The number of alkyl halides is 3. The summed E-state index contributed by atoms with van der Waals surface area (Å²) in [6, 6.07) is 5.87. The first-order valence-electron chi connectivity index (χ1n) is 5.49. The molecule has 0 aliphatic carbocycles. The van der Waals surface area contributed by atoms with Crippen LogP contribution in [0.2, 0.25) is 5.02 Å². The van der Waals surface area contributed by atoms with Crippen molar-refractivity contribution in [3.63, 3.8) is 0 Å². The standard InChI is InChI=1S/C12H8ClF3N2O2S/c13-9-1-3-11(4-2-9)21(19,20)18-10-5-8(6-17-7-10)12(14,15)16/h1-7,18H. The van der Waals surface area contributed by atoms with Crippen molar-refractivity contribution in [3.05, 3.63) is 53.3 Å². The van der Waals surface area contributed by atoms with Crippen LogP contribution in [0.4, 0.5) is 18.9 Å². The van der Waals surface area contributed by atoms with Crippen LogP contribution in [-0.2, 0) is 16.2 Å². The van der Waals surface area contributed by atoms with E-state index in [-0.39, 0.29) is 10.6 Å². The van der Waals surface area contributed by atoms with Crippen molar-refractivity contribution in [3.8, 4) is 0 Å². The van der Waals surface area contributed by atoms with Gasteiger partial charge in [0.1, 0.15) is 0 Å². The largest absolute Gasteiger partial charge is 0.417 e. The van der Waals surface area contributed by atoms with Gasteiger partial charge in [-0.3, -0.25) is 9.71 Å². The minimum Gasteiger partial charge on any atom is -0.278 e. The van der Waals surface area contributed by atoms with Gasteiger partial charge in [0.15, 0.2) is 0 Å². The van der Waals surface area contributed by atoms with Gasteiger partial charge in [0, 0.05) is 11.2 Å². The zero-order valence-electron chi connectivity index (χ0n) is 10.2. The molecule has 0 fully saturated rings. The molecule has 1 N–H and O–H groups in total. The summed E-state index contributed by atoms with van der Waals surface area (Å²) in [5.74, 6) is 0. The smallest absolute Gasteiger partial charge is 0.278 e. The molecule has 0 aliphatic rings. The third-order valence-electron chi connectivity index (χ3n) is 2.44. The summed E-state index contributed by atoms with van der Waals surface area (Å²) in [4.78, 5) is 3.25. The second kappa shape index (κ2) is 5.53. The molecule has 2 aromatic rings. The molecule has 0 atom stereocenters. The maximum Gasteiger partial charge on any atom is 0.417 e. The lowest BCUT2D eigenvalue weighted by Crippen LogP contribution is -2.14. The van der Waals surface area contributed by atoms with Crippen LogP contribution in [-0.4, -0.2) is 13.4 Å². The molecule has 0 aliphatic heterocycles. The molecule has 4 nitrogen and oxygen atoms in total. The minimum atomic E-state index is -4.60. The second-order valence-corrected chi connectivity index (χ2v) is 6.14. The molecule has 0 radical (unpaired) electrons. The lowest BCUT2D eigenvalue weighted by atomic mass is 10.2. The lowest BCUT2D eigenvalue weighted by Gasteiger charge is -2.10. The molecule has 1 heterocycles. The number of benzene rings is 1. The number of hydrogen-bond acceptors (Lipinski definition) is 3. The Hall–Kier alpha value is -1.80. The van der Waals surface area contributed by atoms with Gasteiger partial charge in [0.2, 0.25) is 0 Å². The predicted octanol–water partition coefficient (Wildman–Crippen LogP) is 3.55. The van der Waals surface area contributed by atoms with E-state index in [4.69, 9.17) is 11.6 Å². The first-order valence-corrected chi connectivity index (χ1v) is 7.35. The second-order valence-electron chi connectivity index (χ2n) is 4.02. The van der Waals surface area contributed by atoms with Crippen LogP contribution in [0.3, 0.4) is 0 Å². The Bertz CT molecular complexity index is 746. The minimum absolute atomic E-state index is 0.121. The fourth-order valence-corrected chi connectivity index (χ4v) is 2.64. The first kappa shape index (κ1) is 15.6. The Morgan fingerprint density at radius 1 is 1.10 bits per heavy atom. The van der Waals surface area contributed by atoms with Gasteiger partial charge < -0.3 is 0 Å². The van der Waals surface area contributed by atoms with Crippen LogP contribution >= 0.6 is 11.6 Å². The highest BCUT2D eigenvalue weighted by atomic mass is 35.5. The van der Waals surface area contributed by atoms with Crippen LogP contribution < -0.4 is 4.72 Å². The average molecular weight is 337 g/mol. The van der Waals surface area contributed by atoms with Crippen molar-refractivity contribution in [2.24, 2.45) is 0 Å². The third-order valence-corrected chi connectivity index (χ3v) is 4.09. The van der Waals surface area contributed by atoms with Crippen molar-refractivity contribution in [2.45, 2.75) is 11.1 Å². The Balaban J connectivity index is 2.31. The van der Waals surface area contributed by atoms with Crippen LogP contribution in [0.25, 0.3) is 0 Å². The fraction of sp³-hybridized carbons (Fsp3) is 0.0833. The van der Waals surface area contributed by atoms with E-state index in [1.165, 1.54) is 24.3 Å². The maximum absolute atomic E-state index is 12.5. The lowest BCUT2D eigenvalue weighted by molar-refractivity contribution is -0.137. The Morgan fingerprint density at radius 2 is 1.71 bits per heavy atom. The van der Waals surface area contributed by atoms with Gasteiger partial charge in [-0.15, -0.1) is 0 Å². The molecular formula is C12H8ClF3N2O2S. The molecular weight excluding hydrogens is 329 g/mol. The number of aromatic nitrogens is 1. The van der Waals surface area contributed by atoms with E-state index in [1.54, 1.807) is 0 Å². The van der Waals surface area contributed by atoms with Crippen molar-refractivity contribution in [2.75, 3.05) is 4.72 Å². The van der Waals surface area contributed by atoms with Crippen molar-refractivity contribution < 1.29 is 21.6 Å². The van der Waals surface area contributed by atoms with E-state index in [0.29, 0.717) is 17.3 Å². The molecule has 0 saturated heterocycles. The highest BCUT2D eigenvalue weighted by molar-refractivity contribution is 7.92. The quantitative estimate of drug-likeness (QED) is 0.932. The Kier molecular flexibility index (Phi) is 4.11. The van der Waals surface area contributed by atoms with Gasteiger partial charge in [0.25, 0.3) is 10.0 Å². The highest BCUT2D eigenvalue weighted by Crippen LogP contribution is 2.30. The summed E-state index contributed by atoms with van der Waals surface area (Å²) in [7, 11) is -4.01. The number of rotatable bonds is 3. The zero-order valence-corrected chi connectivity index (χ0v) is 11.8.